The molecule has 0 bridgehead atoms. The summed E-state index contributed by atoms with van der Waals surface area (Å²) in [5.74, 6) is -0.947. The van der Waals surface area contributed by atoms with Gasteiger partial charge < -0.3 is 15.2 Å². The Morgan fingerprint density at radius 1 is 1.50 bits per heavy atom. The fourth-order valence-corrected chi connectivity index (χ4v) is 1.13. The molecule has 0 aromatic heterocycles. The summed E-state index contributed by atoms with van der Waals surface area (Å²) in [6.07, 6.45) is -0.852. The quantitative estimate of drug-likeness (QED) is 0.849. The van der Waals surface area contributed by atoms with Crippen molar-refractivity contribution in [2.24, 2.45) is 0 Å². The van der Waals surface area contributed by atoms with E-state index < -0.39 is 18.6 Å². The molecule has 0 radical (unpaired) electrons. The van der Waals surface area contributed by atoms with Crippen LogP contribution < -0.4 is 10.1 Å². The number of hydrogen-bond acceptors (Lipinski definition) is 3. The van der Waals surface area contributed by atoms with Crippen LogP contribution in [0.5, 0.6) is 5.75 Å². The van der Waals surface area contributed by atoms with Gasteiger partial charge in [0.05, 0.1) is 5.02 Å². The minimum Gasteiger partial charge on any atom is -0.480 e. The first-order chi connectivity index (χ1) is 7.49. The van der Waals surface area contributed by atoms with Crippen molar-refractivity contribution in [2.45, 2.75) is 6.92 Å². The van der Waals surface area contributed by atoms with E-state index in [4.69, 9.17) is 21.4 Å². The second-order valence-electron chi connectivity index (χ2n) is 3.07. The Morgan fingerprint density at radius 2 is 2.19 bits per heavy atom. The lowest BCUT2D eigenvalue weighted by Gasteiger charge is -2.07. The maximum absolute atomic E-state index is 11.1. The zero-order chi connectivity index (χ0) is 12.1. The number of aryl methyl sites for hydroxylation is 1. The van der Waals surface area contributed by atoms with Crippen molar-refractivity contribution in [3.05, 3.63) is 28.8 Å². The zero-order valence-corrected chi connectivity index (χ0v) is 9.25. The van der Waals surface area contributed by atoms with Gasteiger partial charge in [-0.15, -0.1) is 0 Å². The van der Waals surface area contributed by atoms with Crippen LogP contribution in [0, 0.1) is 6.92 Å². The second kappa shape index (κ2) is 5.37. The Morgan fingerprint density at radius 3 is 2.81 bits per heavy atom. The summed E-state index contributed by atoms with van der Waals surface area (Å²) in [6.45, 7) is 1.32. The van der Waals surface area contributed by atoms with Crippen LogP contribution in [0.15, 0.2) is 18.2 Å². The molecular formula is C10H10ClNO4. The number of ether oxygens (including phenoxy) is 1. The number of amides is 1. The molecule has 86 valence electrons. The van der Waals surface area contributed by atoms with Crippen LogP contribution in [0.1, 0.15) is 5.56 Å². The second-order valence-corrected chi connectivity index (χ2v) is 3.48. The molecule has 1 rings (SSSR count). The van der Waals surface area contributed by atoms with E-state index in [1.807, 2.05) is 6.92 Å². The number of carboxylic acid groups (broad SMARTS) is 1. The molecule has 0 aliphatic rings. The van der Waals surface area contributed by atoms with Crippen LogP contribution in [0.4, 0.5) is 4.79 Å². The molecule has 1 aromatic rings. The Labute approximate surface area is 97.0 Å². The molecule has 0 fully saturated rings. The molecule has 0 aliphatic heterocycles. The lowest BCUT2D eigenvalue weighted by atomic mass is 10.2. The van der Waals surface area contributed by atoms with Gasteiger partial charge in [-0.3, -0.25) is 4.79 Å². The third-order valence-electron chi connectivity index (χ3n) is 1.67. The van der Waals surface area contributed by atoms with E-state index in [0.29, 0.717) is 0 Å². The summed E-state index contributed by atoms with van der Waals surface area (Å²) in [5, 5.41) is 10.7. The van der Waals surface area contributed by atoms with Crippen molar-refractivity contribution in [1.82, 2.24) is 5.32 Å². The predicted molar refractivity (Wildman–Crippen MR) is 57.9 cm³/mol. The fourth-order valence-electron chi connectivity index (χ4n) is 0.973. The normalized spacial score (nSPS) is 9.62. The highest BCUT2D eigenvalue weighted by molar-refractivity contribution is 6.32. The highest BCUT2D eigenvalue weighted by Crippen LogP contribution is 2.25. The van der Waals surface area contributed by atoms with Crippen molar-refractivity contribution in [3.63, 3.8) is 0 Å². The third-order valence-corrected chi connectivity index (χ3v) is 1.99. The fraction of sp³-hybridized carbons (Fsp3) is 0.200. The number of nitrogens with one attached hydrogen (secondary N) is 1. The first-order valence-electron chi connectivity index (χ1n) is 4.42. The number of carbonyl (C=O) groups excluding carboxylic acids is 1. The Hall–Kier alpha value is -1.75. The average Bonchev–Trinajstić information content (AvgIpc) is 2.20. The summed E-state index contributed by atoms with van der Waals surface area (Å²) in [7, 11) is 0. The monoisotopic (exact) mass is 243 g/mol. The van der Waals surface area contributed by atoms with Crippen molar-refractivity contribution in [2.75, 3.05) is 6.54 Å². The molecule has 1 aromatic carbocycles. The van der Waals surface area contributed by atoms with Gasteiger partial charge in [0.15, 0.2) is 5.75 Å². The van der Waals surface area contributed by atoms with E-state index in [0.717, 1.165) is 5.56 Å². The number of benzene rings is 1. The maximum atomic E-state index is 11.1. The molecule has 0 saturated heterocycles. The van der Waals surface area contributed by atoms with E-state index in [2.05, 4.69) is 5.32 Å². The molecule has 5 nitrogen and oxygen atoms in total. The lowest BCUT2D eigenvalue weighted by Crippen LogP contribution is -2.31. The Bertz CT molecular complexity index is 419. The van der Waals surface area contributed by atoms with Crippen molar-refractivity contribution in [3.8, 4) is 5.75 Å². The number of carboxylic acids is 1. The molecule has 2 N–H and O–H groups in total. The van der Waals surface area contributed by atoms with Crippen LogP contribution in [0.3, 0.4) is 0 Å². The van der Waals surface area contributed by atoms with E-state index in [1.54, 1.807) is 18.2 Å². The maximum Gasteiger partial charge on any atom is 0.413 e. The molecule has 0 unspecified atom stereocenters. The molecule has 0 atom stereocenters. The summed E-state index contributed by atoms with van der Waals surface area (Å²) in [5.41, 5.74) is 0.880. The van der Waals surface area contributed by atoms with Crippen LogP contribution in [0.25, 0.3) is 0 Å². The summed E-state index contributed by atoms with van der Waals surface area (Å²) >= 11 is 5.78. The van der Waals surface area contributed by atoms with Gasteiger partial charge in [-0.25, -0.2) is 4.79 Å². The predicted octanol–water partition coefficient (Wildman–Crippen LogP) is 1.82. The van der Waals surface area contributed by atoms with Gasteiger partial charge in [0.25, 0.3) is 0 Å². The summed E-state index contributed by atoms with van der Waals surface area (Å²) < 4.78 is 4.83. The van der Waals surface area contributed by atoms with Crippen molar-refractivity contribution in [1.29, 1.82) is 0 Å². The van der Waals surface area contributed by atoms with Gasteiger partial charge in [-0.1, -0.05) is 17.7 Å². The first-order valence-corrected chi connectivity index (χ1v) is 4.80. The van der Waals surface area contributed by atoms with Gasteiger partial charge in [0, 0.05) is 0 Å². The molecule has 1 amide bonds. The number of hydrogen-bond donors (Lipinski definition) is 2. The van der Waals surface area contributed by atoms with Crippen LogP contribution in [-0.4, -0.2) is 23.7 Å². The van der Waals surface area contributed by atoms with Gasteiger partial charge in [0.1, 0.15) is 6.54 Å². The number of carbonyl (C=O) groups is 2. The molecule has 0 aliphatic carbocycles. The standard InChI is InChI=1S/C10H10ClNO4/c1-6-2-3-7(11)8(4-6)16-10(15)12-5-9(13)14/h2-4H,5H2,1H3,(H,12,15)(H,13,14). The van der Waals surface area contributed by atoms with E-state index in [-0.39, 0.29) is 10.8 Å². The smallest absolute Gasteiger partial charge is 0.413 e. The van der Waals surface area contributed by atoms with Crippen molar-refractivity contribution >= 4 is 23.7 Å². The minimum atomic E-state index is -1.15. The molecule has 6 heteroatoms. The third kappa shape index (κ3) is 3.78. The highest BCUT2D eigenvalue weighted by Gasteiger charge is 2.09. The molecule has 0 heterocycles. The largest absolute Gasteiger partial charge is 0.480 e. The van der Waals surface area contributed by atoms with Crippen LogP contribution in [-0.2, 0) is 4.79 Å². The zero-order valence-electron chi connectivity index (χ0n) is 8.49. The lowest BCUT2D eigenvalue weighted by molar-refractivity contribution is -0.135. The van der Waals surface area contributed by atoms with E-state index in [1.165, 1.54) is 0 Å². The minimum absolute atomic E-state index is 0.199. The van der Waals surface area contributed by atoms with Gasteiger partial charge >= 0.3 is 12.1 Å². The van der Waals surface area contributed by atoms with E-state index in [9.17, 15) is 9.59 Å². The number of rotatable bonds is 3. The van der Waals surface area contributed by atoms with E-state index >= 15 is 0 Å². The van der Waals surface area contributed by atoms with Gasteiger partial charge in [-0.2, -0.15) is 0 Å². The average molecular weight is 244 g/mol. The molecule has 0 saturated carbocycles. The topological polar surface area (TPSA) is 75.6 Å². The van der Waals surface area contributed by atoms with Gasteiger partial charge in [-0.05, 0) is 24.6 Å². The first kappa shape index (κ1) is 12.3. The van der Waals surface area contributed by atoms with Gasteiger partial charge in [0.2, 0.25) is 0 Å². The summed E-state index contributed by atoms with van der Waals surface area (Å²) in [4.78, 5) is 21.3. The highest BCUT2D eigenvalue weighted by atomic mass is 35.5. The number of aliphatic carboxylic acids is 1. The summed E-state index contributed by atoms with van der Waals surface area (Å²) in [6, 6.07) is 4.95. The molecular weight excluding hydrogens is 234 g/mol. The van der Waals surface area contributed by atoms with Crippen LogP contribution >= 0.6 is 11.6 Å². The molecule has 0 spiro atoms. The van der Waals surface area contributed by atoms with Crippen LogP contribution in [0.2, 0.25) is 5.02 Å². The SMILES string of the molecule is Cc1ccc(Cl)c(OC(=O)NCC(=O)O)c1. The van der Waals surface area contributed by atoms with Crippen molar-refractivity contribution < 1.29 is 19.4 Å². The Kier molecular flexibility index (Phi) is 4.13. The number of halogens is 1. The Balaban J connectivity index is 2.62. The molecule has 16 heavy (non-hydrogen) atoms.